The molecule has 3 aliphatic rings. The molecule has 8 rings (SSSR count). The molecule has 3 amide bonds. The van der Waals surface area contributed by atoms with Gasteiger partial charge in [0.05, 0.1) is 46.0 Å². The molecule has 2 N–H and O–H groups in total. The van der Waals surface area contributed by atoms with Gasteiger partial charge in [0.25, 0.3) is 5.91 Å². The summed E-state index contributed by atoms with van der Waals surface area (Å²) in [5, 5.41) is 12.2. The fourth-order valence-corrected chi connectivity index (χ4v) is 8.18. The van der Waals surface area contributed by atoms with Gasteiger partial charge in [-0.25, -0.2) is 4.79 Å². The summed E-state index contributed by atoms with van der Waals surface area (Å²) in [5.41, 5.74) is 8.58. The Morgan fingerprint density at radius 2 is 1.50 bits per heavy atom. The molecule has 0 aliphatic carbocycles. The number of carbonyl (C=O) groups is 3. The molecule has 0 radical (unpaired) electrons. The summed E-state index contributed by atoms with van der Waals surface area (Å²) in [5.74, 6) is 0.619. The van der Waals surface area contributed by atoms with Gasteiger partial charge in [-0.2, -0.15) is 0 Å². The van der Waals surface area contributed by atoms with Crippen molar-refractivity contribution in [1.29, 1.82) is 0 Å². The van der Waals surface area contributed by atoms with Gasteiger partial charge in [0.1, 0.15) is 12.6 Å². The SMILES string of the molecule is COc1cc2c(cc1OC)CN(CC1CC(c3ccc(CO)cc3)OC(c3cccc(-c4cccc(CN5C(=O)CC(NC(=O)OCc6ccccc6)C5=O)c4)c3)O1)CC2. The van der Waals surface area contributed by atoms with E-state index in [1.54, 1.807) is 14.2 Å². The van der Waals surface area contributed by atoms with Crippen LogP contribution in [-0.4, -0.2) is 72.3 Å². The van der Waals surface area contributed by atoms with Gasteiger partial charge in [-0.1, -0.05) is 91.0 Å². The van der Waals surface area contributed by atoms with Crippen LogP contribution in [0.5, 0.6) is 11.5 Å². The van der Waals surface area contributed by atoms with Gasteiger partial charge < -0.3 is 34.1 Å². The summed E-state index contributed by atoms with van der Waals surface area (Å²) in [6.45, 7) is 2.44. The third kappa shape index (κ3) is 9.37. The van der Waals surface area contributed by atoms with Crippen LogP contribution >= 0.6 is 0 Å². The van der Waals surface area contributed by atoms with Gasteiger partial charge >= 0.3 is 6.09 Å². The zero-order valence-corrected chi connectivity index (χ0v) is 33.8. The van der Waals surface area contributed by atoms with Crippen LogP contribution in [0.4, 0.5) is 4.79 Å². The number of methoxy groups -OCH3 is 2. The molecule has 2 saturated heterocycles. The van der Waals surface area contributed by atoms with E-state index in [2.05, 4.69) is 28.4 Å². The second kappa shape index (κ2) is 18.5. The van der Waals surface area contributed by atoms with Gasteiger partial charge in [0, 0.05) is 31.6 Å². The van der Waals surface area contributed by atoms with Crippen molar-refractivity contribution in [3.8, 4) is 22.6 Å². The number of aliphatic hydroxyl groups excluding tert-OH is 1. The quantitative estimate of drug-likeness (QED) is 0.120. The number of nitrogens with one attached hydrogen (secondary N) is 1. The Morgan fingerprint density at radius 1 is 0.783 bits per heavy atom. The van der Waals surface area contributed by atoms with E-state index in [1.165, 1.54) is 16.0 Å². The van der Waals surface area contributed by atoms with Gasteiger partial charge in [-0.15, -0.1) is 0 Å². The Kier molecular flexibility index (Phi) is 12.5. The topological polar surface area (TPSA) is 136 Å². The van der Waals surface area contributed by atoms with Crippen LogP contribution in [0.25, 0.3) is 11.1 Å². The molecular formula is C48H49N3O9. The van der Waals surface area contributed by atoms with Crippen molar-refractivity contribution in [1.82, 2.24) is 15.1 Å². The van der Waals surface area contributed by atoms with Crippen molar-refractivity contribution in [2.45, 2.75) is 70.1 Å². The first-order valence-corrected chi connectivity index (χ1v) is 20.2. The Balaban J connectivity index is 0.960. The van der Waals surface area contributed by atoms with Crippen molar-refractivity contribution in [2.75, 3.05) is 27.3 Å². The third-order valence-electron chi connectivity index (χ3n) is 11.4. The average Bonchev–Trinajstić information content (AvgIpc) is 3.55. The molecular weight excluding hydrogens is 763 g/mol. The number of likely N-dealkylation sites (tertiary alicyclic amines) is 1. The minimum absolute atomic E-state index is 0.0321. The maximum Gasteiger partial charge on any atom is 0.408 e. The molecule has 0 spiro atoms. The number of carbonyl (C=O) groups excluding carboxylic acids is 3. The average molecular weight is 812 g/mol. The Hall–Kier alpha value is -6.05. The maximum atomic E-state index is 13.3. The van der Waals surface area contributed by atoms with Crippen molar-refractivity contribution >= 4 is 17.9 Å². The van der Waals surface area contributed by atoms with E-state index in [0.29, 0.717) is 13.0 Å². The van der Waals surface area contributed by atoms with Crippen molar-refractivity contribution < 1.29 is 43.2 Å². The van der Waals surface area contributed by atoms with Crippen LogP contribution in [0.1, 0.15) is 64.2 Å². The molecule has 0 aromatic heterocycles. The van der Waals surface area contributed by atoms with Crippen molar-refractivity contribution in [3.05, 3.63) is 154 Å². The third-order valence-corrected chi connectivity index (χ3v) is 11.4. The molecule has 4 unspecified atom stereocenters. The molecule has 0 bridgehead atoms. The van der Waals surface area contributed by atoms with Crippen molar-refractivity contribution in [3.63, 3.8) is 0 Å². The molecule has 12 nitrogen and oxygen atoms in total. The number of benzene rings is 5. The fourth-order valence-electron chi connectivity index (χ4n) is 8.18. The number of imide groups is 1. The van der Waals surface area contributed by atoms with Crippen LogP contribution in [0.3, 0.4) is 0 Å². The van der Waals surface area contributed by atoms with Crippen LogP contribution in [-0.2, 0) is 56.5 Å². The number of rotatable bonds is 13. The summed E-state index contributed by atoms with van der Waals surface area (Å²) in [6, 6.07) is 36.0. The zero-order chi connectivity index (χ0) is 41.6. The molecule has 310 valence electrons. The highest BCUT2D eigenvalue weighted by Gasteiger charge is 2.40. The van der Waals surface area contributed by atoms with E-state index in [9.17, 15) is 19.5 Å². The number of hydrogen-bond donors (Lipinski definition) is 2. The van der Waals surface area contributed by atoms with Crippen LogP contribution in [0.2, 0.25) is 0 Å². The molecule has 5 aromatic carbocycles. The first-order valence-electron chi connectivity index (χ1n) is 20.2. The zero-order valence-electron chi connectivity index (χ0n) is 33.8. The Morgan fingerprint density at radius 3 is 2.25 bits per heavy atom. The number of amides is 3. The highest BCUT2D eigenvalue weighted by Crippen LogP contribution is 2.40. The predicted octanol–water partition coefficient (Wildman–Crippen LogP) is 7.02. The highest BCUT2D eigenvalue weighted by atomic mass is 16.7. The van der Waals surface area contributed by atoms with Gasteiger partial charge in [0.2, 0.25) is 5.91 Å². The number of aliphatic hydroxyl groups is 1. The summed E-state index contributed by atoms with van der Waals surface area (Å²) >= 11 is 0. The molecule has 2 fully saturated rings. The summed E-state index contributed by atoms with van der Waals surface area (Å²) in [4.78, 5) is 42.4. The number of fused-ring (bicyclic) bond motifs is 1. The lowest BCUT2D eigenvalue weighted by Crippen LogP contribution is -2.41. The fraction of sp³-hybridized carbons (Fsp3) is 0.312. The summed E-state index contributed by atoms with van der Waals surface area (Å²) in [6.07, 6.45) is -0.377. The second-order valence-corrected chi connectivity index (χ2v) is 15.4. The number of ether oxygens (including phenoxy) is 5. The lowest BCUT2D eigenvalue weighted by atomic mass is 9.96. The molecule has 60 heavy (non-hydrogen) atoms. The Labute approximate surface area is 349 Å². The van der Waals surface area contributed by atoms with Crippen LogP contribution < -0.4 is 14.8 Å². The van der Waals surface area contributed by atoms with E-state index >= 15 is 0 Å². The van der Waals surface area contributed by atoms with E-state index in [1.807, 2.05) is 97.1 Å². The molecule has 3 heterocycles. The minimum atomic E-state index is -0.991. The number of nitrogens with zero attached hydrogens (tertiary/aromatic N) is 2. The molecule has 4 atom stereocenters. The molecule has 0 saturated carbocycles. The van der Waals surface area contributed by atoms with E-state index in [0.717, 1.165) is 70.0 Å². The maximum absolute atomic E-state index is 13.3. The Bertz CT molecular complexity index is 2320. The minimum Gasteiger partial charge on any atom is -0.493 e. The van der Waals surface area contributed by atoms with Crippen LogP contribution in [0, 0.1) is 0 Å². The van der Waals surface area contributed by atoms with E-state index in [4.69, 9.17) is 23.7 Å². The van der Waals surface area contributed by atoms with E-state index < -0.39 is 24.3 Å². The second-order valence-electron chi connectivity index (χ2n) is 15.4. The number of hydrogen-bond acceptors (Lipinski definition) is 10. The smallest absolute Gasteiger partial charge is 0.408 e. The van der Waals surface area contributed by atoms with Gasteiger partial charge in [0.15, 0.2) is 17.8 Å². The highest BCUT2D eigenvalue weighted by molar-refractivity contribution is 6.06. The molecule has 3 aliphatic heterocycles. The van der Waals surface area contributed by atoms with Gasteiger partial charge in [-0.05, 0) is 75.2 Å². The van der Waals surface area contributed by atoms with Gasteiger partial charge in [-0.3, -0.25) is 19.4 Å². The first-order chi connectivity index (χ1) is 29.3. The van der Waals surface area contributed by atoms with Crippen LogP contribution in [0.15, 0.2) is 115 Å². The number of alkyl carbamates (subject to hydrolysis) is 1. The normalized spacial score (nSPS) is 20.4. The summed E-state index contributed by atoms with van der Waals surface area (Å²) in [7, 11) is 3.31. The van der Waals surface area contributed by atoms with E-state index in [-0.39, 0.29) is 44.3 Å². The monoisotopic (exact) mass is 811 g/mol. The predicted molar refractivity (Wildman–Crippen MR) is 223 cm³/mol. The standard InChI is InChI=1S/C48H49N3O9/c1-56-43-22-37-18-19-50(27-39(37)23-44(43)57-2)28-40-24-42(34-16-14-31(29-52)15-17-34)60-47(59-40)38-13-7-12-36(21-38)35-11-6-10-33(20-35)26-51-45(53)25-41(46(51)54)49-48(55)58-30-32-8-4-3-5-9-32/h3-17,20-23,40-42,47,52H,18-19,24-30H2,1-2H3,(H,49,55). The lowest BCUT2D eigenvalue weighted by Gasteiger charge is -2.39. The van der Waals surface area contributed by atoms with Crippen molar-refractivity contribution in [2.24, 2.45) is 0 Å². The molecule has 5 aromatic rings. The largest absolute Gasteiger partial charge is 0.493 e. The first kappa shape index (κ1) is 40.7. The summed E-state index contributed by atoms with van der Waals surface area (Å²) < 4.78 is 29.9. The lowest BCUT2D eigenvalue weighted by molar-refractivity contribution is -0.253. The molecule has 12 heteroatoms.